The predicted molar refractivity (Wildman–Crippen MR) is 149 cm³/mol. The number of benzene rings is 2. The van der Waals surface area contributed by atoms with E-state index in [-0.39, 0.29) is 68.8 Å². The third-order valence-electron chi connectivity index (χ3n) is 6.96. The molecular formula is C28H20BF4N7O2. The van der Waals surface area contributed by atoms with Crippen molar-refractivity contribution in [2.24, 2.45) is 0 Å². The molecule has 0 fully saturated rings. The van der Waals surface area contributed by atoms with Crippen LogP contribution in [0.1, 0.15) is 29.1 Å². The molecule has 0 amide bonds. The summed E-state index contributed by atoms with van der Waals surface area (Å²) in [6, 6.07) is 9.62. The molecule has 5 aromatic rings. The number of nitrogens with zero attached hydrogens (tertiary/aromatic N) is 6. The normalized spacial score (nSPS) is 15.7. The summed E-state index contributed by atoms with van der Waals surface area (Å²) in [6.07, 6.45) is -2.12. The fraction of sp³-hybridized carbons (Fsp3) is 0.179. The van der Waals surface area contributed by atoms with Gasteiger partial charge in [0.05, 0.1) is 34.5 Å². The first-order chi connectivity index (χ1) is 20.0. The Bertz CT molecular complexity index is 2000. The van der Waals surface area contributed by atoms with Crippen molar-refractivity contribution in [2.45, 2.75) is 31.8 Å². The SMILES string of the molecule is [B]c1cccc2nc(Cn3nc(C4=CC(O)CC(F)=C4)c4c(N)ncnc43)n(Cc3ccccc3C(F)(F)F)c(=O)c12. The van der Waals surface area contributed by atoms with Crippen LogP contribution in [-0.4, -0.2) is 48.4 Å². The molecule has 0 spiro atoms. The highest BCUT2D eigenvalue weighted by Gasteiger charge is 2.33. The molecular weight excluding hydrogens is 553 g/mol. The molecule has 0 saturated heterocycles. The number of hydrogen-bond donors (Lipinski definition) is 2. The van der Waals surface area contributed by atoms with Crippen LogP contribution in [0.4, 0.5) is 23.4 Å². The summed E-state index contributed by atoms with van der Waals surface area (Å²) in [4.78, 5) is 26.6. The summed E-state index contributed by atoms with van der Waals surface area (Å²) in [5.41, 5.74) is 5.45. The first kappa shape index (κ1) is 27.3. The van der Waals surface area contributed by atoms with Crippen molar-refractivity contribution < 1.29 is 22.7 Å². The minimum absolute atomic E-state index is 0.0340. The number of nitrogen functional groups attached to an aromatic ring is 1. The second kappa shape index (κ2) is 10.2. The zero-order valence-corrected chi connectivity index (χ0v) is 21.7. The van der Waals surface area contributed by atoms with Crippen molar-refractivity contribution in [1.29, 1.82) is 0 Å². The summed E-state index contributed by atoms with van der Waals surface area (Å²) < 4.78 is 58.3. The summed E-state index contributed by atoms with van der Waals surface area (Å²) in [5.74, 6) is -0.474. The molecule has 6 rings (SSSR count). The Balaban J connectivity index is 1.56. The van der Waals surface area contributed by atoms with Gasteiger partial charge in [-0.25, -0.2) is 24.0 Å². The molecule has 1 atom stereocenters. The number of aliphatic hydroxyl groups excluding tert-OH is 1. The van der Waals surface area contributed by atoms with Crippen LogP contribution < -0.4 is 16.8 Å². The number of aliphatic hydroxyl groups is 1. The fourth-order valence-corrected chi connectivity index (χ4v) is 5.09. The predicted octanol–water partition coefficient (Wildman–Crippen LogP) is 3.03. The van der Waals surface area contributed by atoms with Gasteiger partial charge in [-0.15, -0.1) is 0 Å². The number of hydrogen-bond acceptors (Lipinski definition) is 7. The fourth-order valence-electron chi connectivity index (χ4n) is 5.09. The lowest BCUT2D eigenvalue weighted by Gasteiger charge is -2.18. The molecule has 0 aliphatic heterocycles. The Hall–Kier alpha value is -4.85. The molecule has 42 heavy (non-hydrogen) atoms. The van der Waals surface area contributed by atoms with Gasteiger partial charge in [-0.1, -0.05) is 35.8 Å². The van der Waals surface area contributed by atoms with Crippen LogP contribution in [0.25, 0.3) is 27.5 Å². The van der Waals surface area contributed by atoms with Crippen molar-refractivity contribution in [1.82, 2.24) is 29.3 Å². The van der Waals surface area contributed by atoms with Gasteiger partial charge in [0.2, 0.25) is 0 Å². The molecule has 14 heteroatoms. The lowest BCUT2D eigenvalue weighted by atomic mass is 9.92. The van der Waals surface area contributed by atoms with E-state index in [0.29, 0.717) is 0 Å². The van der Waals surface area contributed by atoms with Crippen LogP contribution in [0.3, 0.4) is 0 Å². The Morgan fingerprint density at radius 2 is 1.86 bits per heavy atom. The van der Waals surface area contributed by atoms with E-state index in [1.165, 1.54) is 47.4 Å². The molecule has 2 radical (unpaired) electrons. The maximum absolute atomic E-state index is 14.3. The van der Waals surface area contributed by atoms with Crippen molar-refractivity contribution in [3.8, 4) is 0 Å². The van der Waals surface area contributed by atoms with E-state index in [4.69, 9.17) is 13.6 Å². The van der Waals surface area contributed by atoms with E-state index < -0.39 is 35.8 Å². The molecule has 2 aromatic carbocycles. The zero-order chi connectivity index (χ0) is 29.8. The Kier molecular flexibility index (Phi) is 6.64. The van der Waals surface area contributed by atoms with Gasteiger partial charge in [-0.05, 0) is 29.8 Å². The minimum atomic E-state index is -4.66. The van der Waals surface area contributed by atoms with Crippen molar-refractivity contribution in [2.75, 3.05) is 5.73 Å². The molecule has 3 aromatic heterocycles. The van der Waals surface area contributed by atoms with Gasteiger partial charge in [0, 0.05) is 12.0 Å². The van der Waals surface area contributed by atoms with E-state index in [0.717, 1.165) is 10.6 Å². The number of halogens is 4. The number of aromatic nitrogens is 6. The summed E-state index contributed by atoms with van der Waals surface area (Å²) in [5, 5.41) is 15.0. The lowest BCUT2D eigenvalue weighted by Crippen LogP contribution is -2.31. The number of fused-ring (bicyclic) bond motifs is 2. The third-order valence-corrected chi connectivity index (χ3v) is 6.96. The molecule has 0 bridgehead atoms. The van der Waals surface area contributed by atoms with Gasteiger partial charge < -0.3 is 10.8 Å². The van der Waals surface area contributed by atoms with Crippen LogP contribution in [0.5, 0.6) is 0 Å². The van der Waals surface area contributed by atoms with E-state index in [2.05, 4.69) is 20.1 Å². The maximum Gasteiger partial charge on any atom is 0.416 e. The zero-order valence-electron chi connectivity index (χ0n) is 21.7. The first-order valence-electron chi connectivity index (χ1n) is 12.7. The largest absolute Gasteiger partial charge is 0.416 e. The molecule has 3 N–H and O–H groups in total. The summed E-state index contributed by atoms with van der Waals surface area (Å²) in [6.45, 7) is -0.696. The second-order valence-corrected chi connectivity index (χ2v) is 9.76. The molecule has 3 heterocycles. The van der Waals surface area contributed by atoms with Gasteiger partial charge in [0.15, 0.2) is 5.65 Å². The lowest BCUT2D eigenvalue weighted by molar-refractivity contribution is -0.138. The number of allylic oxidation sites excluding steroid dienone is 2. The third kappa shape index (κ3) is 4.83. The Morgan fingerprint density at radius 3 is 2.62 bits per heavy atom. The number of nitrogens with two attached hydrogens (primary N) is 1. The molecule has 210 valence electrons. The van der Waals surface area contributed by atoms with Gasteiger partial charge in [0.1, 0.15) is 43.9 Å². The van der Waals surface area contributed by atoms with Gasteiger partial charge in [-0.3, -0.25) is 9.36 Å². The van der Waals surface area contributed by atoms with Crippen LogP contribution in [0.2, 0.25) is 0 Å². The van der Waals surface area contributed by atoms with Crippen molar-refractivity contribution >= 4 is 46.6 Å². The second-order valence-electron chi connectivity index (χ2n) is 9.76. The molecule has 1 aliphatic carbocycles. The Labute approximate surface area is 236 Å². The van der Waals surface area contributed by atoms with Gasteiger partial charge in [-0.2, -0.15) is 18.3 Å². The summed E-state index contributed by atoms with van der Waals surface area (Å²) >= 11 is 0. The van der Waals surface area contributed by atoms with E-state index in [1.54, 1.807) is 12.1 Å². The Morgan fingerprint density at radius 1 is 1.07 bits per heavy atom. The number of alkyl halides is 3. The highest BCUT2D eigenvalue weighted by Crippen LogP contribution is 2.34. The maximum atomic E-state index is 14.3. The number of rotatable bonds is 5. The average molecular weight is 573 g/mol. The number of anilines is 1. The smallest absolute Gasteiger partial charge is 0.389 e. The first-order valence-corrected chi connectivity index (χ1v) is 12.7. The van der Waals surface area contributed by atoms with Crippen LogP contribution in [0, 0.1) is 0 Å². The van der Waals surface area contributed by atoms with Crippen molar-refractivity contribution in [3.05, 3.63) is 99.8 Å². The van der Waals surface area contributed by atoms with E-state index >= 15 is 0 Å². The van der Waals surface area contributed by atoms with Gasteiger partial charge in [0.25, 0.3) is 5.56 Å². The van der Waals surface area contributed by atoms with E-state index in [9.17, 15) is 27.5 Å². The highest BCUT2D eigenvalue weighted by molar-refractivity contribution is 6.38. The van der Waals surface area contributed by atoms with Crippen LogP contribution in [0.15, 0.2) is 71.6 Å². The van der Waals surface area contributed by atoms with Crippen molar-refractivity contribution in [3.63, 3.8) is 0 Å². The molecule has 9 nitrogen and oxygen atoms in total. The van der Waals surface area contributed by atoms with Gasteiger partial charge >= 0.3 is 6.18 Å². The highest BCUT2D eigenvalue weighted by atomic mass is 19.4. The minimum Gasteiger partial charge on any atom is -0.389 e. The standard InChI is InChI=1S/C28H20BF4N7O2/c29-19-6-3-7-20-22(19)27(42)39(11-14-4-1-2-5-18(14)28(31,32)33)21(37-20)12-40-26-23(25(34)35-13-36-26)24(38-40)15-8-16(30)10-17(41)9-15/h1-9,13,17,41H,10-12H2,(H2,34,35,36). The average Bonchev–Trinajstić information content (AvgIpc) is 3.29. The molecule has 1 unspecified atom stereocenters. The summed E-state index contributed by atoms with van der Waals surface area (Å²) in [7, 11) is 6.08. The van der Waals surface area contributed by atoms with E-state index in [1.807, 2.05) is 0 Å². The quantitative estimate of drug-likeness (QED) is 0.245. The topological polar surface area (TPSA) is 125 Å². The van der Waals surface area contributed by atoms with Crippen LogP contribution >= 0.6 is 0 Å². The van der Waals surface area contributed by atoms with Crippen LogP contribution in [-0.2, 0) is 19.3 Å². The monoisotopic (exact) mass is 573 g/mol. The molecule has 0 saturated carbocycles. The molecule has 1 aliphatic rings.